The highest BCUT2D eigenvalue weighted by Gasteiger charge is 2.40. The number of methoxy groups -OCH3 is 1. The lowest BCUT2D eigenvalue weighted by Gasteiger charge is -2.26. The summed E-state index contributed by atoms with van der Waals surface area (Å²) in [5.41, 5.74) is 0.149. The van der Waals surface area contributed by atoms with Crippen LogP contribution in [0, 0.1) is 11.3 Å². The van der Waals surface area contributed by atoms with Crippen LogP contribution in [-0.4, -0.2) is 37.6 Å². The van der Waals surface area contributed by atoms with Crippen molar-refractivity contribution in [3.05, 3.63) is 0 Å². The molecule has 0 aliphatic carbocycles. The van der Waals surface area contributed by atoms with E-state index in [0.717, 1.165) is 6.42 Å². The van der Waals surface area contributed by atoms with Crippen molar-refractivity contribution in [2.24, 2.45) is 11.3 Å². The van der Waals surface area contributed by atoms with Gasteiger partial charge < -0.3 is 14.6 Å². The maximum absolute atomic E-state index is 9.21. The summed E-state index contributed by atoms with van der Waals surface area (Å²) < 4.78 is 11.0. The van der Waals surface area contributed by atoms with E-state index in [4.69, 9.17) is 9.47 Å². The van der Waals surface area contributed by atoms with E-state index in [2.05, 4.69) is 20.8 Å². The van der Waals surface area contributed by atoms with Crippen LogP contribution in [0.4, 0.5) is 0 Å². The summed E-state index contributed by atoms with van der Waals surface area (Å²) in [4.78, 5) is 0. The maximum atomic E-state index is 9.21. The van der Waals surface area contributed by atoms with E-state index in [1.165, 1.54) is 0 Å². The molecule has 3 heteroatoms. The van der Waals surface area contributed by atoms with Gasteiger partial charge in [-0.05, 0) is 11.8 Å². The van der Waals surface area contributed by atoms with Gasteiger partial charge in [0.1, 0.15) is 0 Å². The standard InChI is InChI=1S/C11H22O3/c1-11(2,3)10-5-8(6-12)9(14-10)7-13-4/h8-10,12H,5-7H2,1-4H3. The van der Waals surface area contributed by atoms with Crippen LogP contribution in [0.1, 0.15) is 27.2 Å². The largest absolute Gasteiger partial charge is 0.396 e. The van der Waals surface area contributed by atoms with Crippen molar-refractivity contribution in [1.82, 2.24) is 0 Å². The molecule has 0 aromatic carbocycles. The van der Waals surface area contributed by atoms with Gasteiger partial charge in [0.05, 0.1) is 18.8 Å². The highest BCUT2D eigenvalue weighted by Crippen LogP contribution is 2.36. The third-order valence-electron chi connectivity index (χ3n) is 2.91. The molecule has 1 rings (SSSR count). The molecule has 0 aromatic heterocycles. The van der Waals surface area contributed by atoms with Crippen LogP contribution in [0.3, 0.4) is 0 Å². The van der Waals surface area contributed by atoms with Gasteiger partial charge >= 0.3 is 0 Å². The molecule has 1 aliphatic heterocycles. The molecule has 84 valence electrons. The molecule has 1 N–H and O–H groups in total. The fourth-order valence-electron chi connectivity index (χ4n) is 1.89. The average Bonchev–Trinajstić information content (AvgIpc) is 2.47. The van der Waals surface area contributed by atoms with Crippen molar-refractivity contribution < 1.29 is 14.6 Å². The van der Waals surface area contributed by atoms with Gasteiger partial charge in [0.15, 0.2) is 0 Å². The monoisotopic (exact) mass is 202 g/mol. The van der Waals surface area contributed by atoms with Crippen LogP contribution < -0.4 is 0 Å². The Morgan fingerprint density at radius 2 is 2.07 bits per heavy atom. The van der Waals surface area contributed by atoms with Crippen molar-refractivity contribution in [3.8, 4) is 0 Å². The van der Waals surface area contributed by atoms with Gasteiger partial charge in [-0.1, -0.05) is 20.8 Å². The van der Waals surface area contributed by atoms with E-state index >= 15 is 0 Å². The Kier molecular flexibility index (Phi) is 3.93. The molecule has 14 heavy (non-hydrogen) atoms. The fraction of sp³-hybridized carbons (Fsp3) is 1.00. The van der Waals surface area contributed by atoms with Gasteiger partial charge in [-0.2, -0.15) is 0 Å². The van der Waals surface area contributed by atoms with E-state index < -0.39 is 0 Å². The van der Waals surface area contributed by atoms with Gasteiger partial charge in [-0.15, -0.1) is 0 Å². The van der Waals surface area contributed by atoms with Crippen LogP contribution in [-0.2, 0) is 9.47 Å². The summed E-state index contributed by atoms with van der Waals surface area (Å²) in [5, 5.41) is 9.21. The predicted molar refractivity (Wildman–Crippen MR) is 55.2 cm³/mol. The highest BCUT2D eigenvalue weighted by atomic mass is 16.5. The molecule has 1 fully saturated rings. The van der Waals surface area contributed by atoms with Gasteiger partial charge in [-0.3, -0.25) is 0 Å². The summed E-state index contributed by atoms with van der Waals surface area (Å²) in [6.45, 7) is 7.28. The Hall–Kier alpha value is -0.120. The third kappa shape index (κ3) is 2.69. The third-order valence-corrected chi connectivity index (χ3v) is 2.91. The maximum Gasteiger partial charge on any atom is 0.0863 e. The zero-order chi connectivity index (χ0) is 10.8. The van der Waals surface area contributed by atoms with Crippen molar-refractivity contribution in [3.63, 3.8) is 0 Å². The van der Waals surface area contributed by atoms with Gasteiger partial charge in [0.2, 0.25) is 0 Å². The van der Waals surface area contributed by atoms with Crippen LogP contribution >= 0.6 is 0 Å². The molecule has 3 atom stereocenters. The first-order chi connectivity index (χ1) is 6.49. The summed E-state index contributed by atoms with van der Waals surface area (Å²) in [6.07, 6.45) is 1.24. The van der Waals surface area contributed by atoms with Crippen LogP contribution in [0.5, 0.6) is 0 Å². The molecule has 0 saturated carbocycles. The molecule has 0 radical (unpaired) electrons. The quantitative estimate of drug-likeness (QED) is 0.752. The second-order valence-corrected chi connectivity index (χ2v) is 5.16. The molecule has 0 amide bonds. The van der Waals surface area contributed by atoms with Crippen molar-refractivity contribution in [2.75, 3.05) is 20.3 Å². The number of rotatable bonds is 3. The molecule has 1 heterocycles. The average molecular weight is 202 g/mol. The highest BCUT2D eigenvalue weighted by molar-refractivity contribution is 4.88. The van der Waals surface area contributed by atoms with Crippen LogP contribution in [0.25, 0.3) is 0 Å². The Balaban J connectivity index is 2.56. The SMILES string of the molecule is COCC1OC(C(C)(C)C)CC1CO. The molecule has 1 aliphatic rings. The second-order valence-electron chi connectivity index (χ2n) is 5.16. The number of aliphatic hydroxyl groups excluding tert-OH is 1. The predicted octanol–water partition coefficient (Wildman–Crippen LogP) is 1.44. The zero-order valence-electron chi connectivity index (χ0n) is 9.62. The smallest absolute Gasteiger partial charge is 0.0863 e. The van der Waals surface area contributed by atoms with E-state index in [1.54, 1.807) is 7.11 Å². The van der Waals surface area contributed by atoms with E-state index in [1.807, 2.05) is 0 Å². The van der Waals surface area contributed by atoms with Crippen molar-refractivity contribution in [1.29, 1.82) is 0 Å². The number of aliphatic hydroxyl groups is 1. The zero-order valence-corrected chi connectivity index (χ0v) is 9.62. The number of hydrogen-bond acceptors (Lipinski definition) is 3. The molecule has 3 nitrogen and oxygen atoms in total. The van der Waals surface area contributed by atoms with Gasteiger partial charge in [-0.25, -0.2) is 0 Å². The van der Waals surface area contributed by atoms with E-state index in [0.29, 0.717) is 6.61 Å². The summed E-state index contributed by atoms with van der Waals surface area (Å²) in [5.74, 6) is 0.235. The van der Waals surface area contributed by atoms with Gasteiger partial charge in [0.25, 0.3) is 0 Å². The van der Waals surface area contributed by atoms with Crippen LogP contribution in [0.15, 0.2) is 0 Å². The van der Waals surface area contributed by atoms with E-state index in [-0.39, 0.29) is 30.1 Å². The summed E-state index contributed by atoms with van der Waals surface area (Å²) in [6, 6.07) is 0. The molecule has 3 unspecified atom stereocenters. The Labute approximate surface area is 86.4 Å². The minimum atomic E-state index is 0.0641. The fourth-order valence-corrected chi connectivity index (χ4v) is 1.89. The molecular formula is C11H22O3. The lowest BCUT2D eigenvalue weighted by atomic mass is 9.85. The second kappa shape index (κ2) is 4.60. The molecule has 0 spiro atoms. The Morgan fingerprint density at radius 1 is 1.43 bits per heavy atom. The Morgan fingerprint density at radius 3 is 2.50 bits per heavy atom. The van der Waals surface area contributed by atoms with Crippen molar-refractivity contribution >= 4 is 0 Å². The molecule has 1 saturated heterocycles. The molecular weight excluding hydrogens is 180 g/mol. The van der Waals surface area contributed by atoms with Crippen molar-refractivity contribution in [2.45, 2.75) is 39.4 Å². The Bertz CT molecular complexity index is 174. The minimum Gasteiger partial charge on any atom is -0.396 e. The molecule has 0 aromatic rings. The number of ether oxygens (including phenoxy) is 2. The first-order valence-corrected chi connectivity index (χ1v) is 5.24. The van der Waals surface area contributed by atoms with Gasteiger partial charge in [0, 0.05) is 19.6 Å². The first-order valence-electron chi connectivity index (χ1n) is 5.24. The van der Waals surface area contributed by atoms with E-state index in [9.17, 15) is 5.11 Å². The summed E-state index contributed by atoms with van der Waals surface area (Å²) >= 11 is 0. The lowest BCUT2D eigenvalue weighted by molar-refractivity contribution is -0.0528. The minimum absolute atomic E-state index is 0.0641. The first kappa shape index (κ1) is 12.0. The normalized spacial score (nSPS) is 33.6. The summed E-state index contributed by atoms with van der Waals surface area (Å²) in [7, 11) is 1.67. The number of hydrogen-bond donors (Lipinski definition) is 1. The molecule has 0 bridgehead atoms. The van der Waals surface area contributed by atoms with Crippen LogP contribution in [0.2, 0.25) is 0 Å². The lowest BCUT2D eigenvalue weighted by Crippen LogP contribution is -2.28. The topological polar surface area (TPSA) is 38.7 Å².